The van der Waals surface area contributed by atoms with Gasteiger partial charge in [-0.05, 0) is 12.8 Å². The summed E-state index contributed by atoms with van der Waals surface area (Å²) < 4.78 is 11.0. The number of hydrogen-bond donors (Lipinski definition) is 0. The van der Waals surface area contributed by atoms with E-state index in [0.717, 1.165) is 13.2 Å². The van der Waals surface area contributed by atoms with Crippen LogP contribution in [-0.4, -0.2) is 25.4 Å². The van der Waals surface area contributed by atoms with Crippen molar-refractivity contribution in [2.24, 2.45) is 5.92 Å². The maximum absolute atomic E-state index is 5.53. The average Bonchev–Trinajstić information content (AvgIpc) is 1.88. The summed E-state index contributed by atoms with van der Waals surface area (Å²) in [4.78, 5) is 0. The lowest BCUT2D eigenvalue weighted by atomic mass is 10.1. The molecule has 1 heterocycles. The molecule has 0 saturated carbocycles. The first-order valence-corrected chi connectivity index (χ1v) is 3.93. The van der Waals surface area contributed by atoms with Crippen molar-refractivity contribution in [2.45, 2.75) is 33.0 Å². The third-order valence-corrected chi connectivity index (χ3v) is 1.83. The molecule has 1 aliphatic rings. The van der Waals surface area contributed by atoms with Crippen molar-refractivity contribution in [1.29, 1.82) is 0 Å². The second-order valence-electron chi connectivity index (χ2n) is 3.26. The Hall–Kier alpha value is -0.150. The van der Waals surface area contributed by atoms with Gasteiger partial charge in [-0.15, -0.1) is 0 Å². The van der Waals surface area contributed by atoms with Crippen molar-refractivity contribution in [3.63, 3.8) is 0 Å². The van der Waals surface area contributed by atoms with E-state index in [1.807, 2.05) is 6.92 Å². The van der Waals surface area contributed by atoms with Gasteiger partial charge in [-0.25, -0.2) is 0 Å². The maximum atomic E-state index is 5.53. The minimum Gasteiger partial charge on any atom is -0.373 e. The van der Waals surface area contributed by atoms with Crippen molar-refractivity contribution in [2.75, 3.05) is 13.2 Å². The van der Waals surface area contributed by atoms with Gasteiger partial charge in [0.1, 0.15) is 0 Å². The molecule has 2 unspecified atom stereocenters. The van der Waals surface area contributed by atoms with E-state index < -0.39 is 0 Å². The lowest BCUT2D eigenvalue weighted by Crippen LogP contribution is -2.36. The van der Waals surface area contributed by atoms with Crippen LogP contribution in [0.5, 0.6) is 0 Å². The lowest BCUT2D eigenvalue weighted by Gasteiger charge is -2.29. The Kier molecular flexibility index (Phi) is 4.61. The Morgan fingerprint density at radius 1 is 1.18 bits per heavy atom. The molecule has 0 N–H and O–H groups in total. The Labute approximate surface area is 67.2 Å². The van der Waals surface area contributed by atoms with Crippen LogP contribution in [0.3, 0.4) is 0 Å². The fraction of sp³-hybridized carbons (Fsp3) is 1.00. The van der Waals surface area contributed by atoms with Crippen LogP contribution >= 0.6 is 0 Å². The first kappa shape index (κ1) is 10.8. The van der Waals surface area contributed by atoms with E-state index in [1.165, 1.54) is 0 Å². The maximum Gasteiger partial charge on any atom is 0.0832 e. The van der Waals surface area contributed by atoms with Crippen LogP contribution in [0.1, 0.15) is 20.8 Å². The minimum absolute atomic E-state index is 0. The first-order chi connectivity index (χ1) is 4.70. The quantitative estimate of drug-likeness (QED) is 0.586. The molecule has 0 spiro atoms. The van der Waals surface area contributed by atoms with Gasteiger partial charge in [0.2, 0.25) is 0 Å². The molecule has 3 heteroatoms. The summed E-state index contributed by atoms with van der Waals surface area (Å²) in [5, 5.41) is 0. The monoisotopic (exact) mass is 164 g/mol. The van der Waals surface area contributed by atoms with E-state index in [2.05, 4.69) is 13.8 Å². The number of rotatable bonds is 1. The summed E-state index contributed by atoms with van der Waals surface area (Å²) in [5.74, 6) is 0.576. The van der Waals surface area contributed by atoms with Gasteiger partial charge in [-0.1, -0.05) is 13.8 Å². The van der Waals surface area contributed by atoms with Gasteiger partial charge in [-0.2, -0.15) is 0 Å². The van der Waals surface area contributed by atoms with Gasteiger partial charge in [0, 0.05) is 0 Å². The van der Waals surface area contributed by atoms with Crippen molar-refractivity contribution < 1.29 is 14.2 Å². The van der Waals surface area contributed by atoms with E-state index >= 15 is 0 Å². The summed E-state index contributed by atoms with van der Waals surface area (Å²) in [7, 11) is 0. The molecule has 0 aromatic heterocycles. The van der Waals surface area contributed by atoms with Gasteiger partial charge in [0.15, 0.2) is 0 Å². The van der Waals surface area contributed by atoms with Gasteiger partial charge in [0.05, 0.1) is 25.4 Å². The molecule has 0 amide bonds. The fourth-order valence-electron chi connectivity index (χ4n) is 0.999. The van der Waals surface area contributed by atoms with E-state index in [-0.39, 0.29) is 10.8 Å². The van der Waals surface area contributed by atoms with E-state index in [0.29, 0.717) is 12.0 Å². The van der Waals surface area contributed by atoms with Gasteiger partial charge in [0.25, 0.3) is 0 Å². The Morgan fingerprint density at radius 2 is 1.82 bits per heavy atom. The Bertz CT molecular complexity index is 98.3. The smallest absolute Gasteiger partial charge is 0.0832 e. The highest BCUT2D eigenvalue weighted by atomic mass is 19.0. The summed E-state index contributed by atoms with van der Waals surface area (Å²) in [6.45, 7) is 7.87. The molecule has 2 atom stereocenters. The second kappa shape index (κ2) is 4.67. The molecule has 1 fully saturated rings. The van der Waals surface area contributed by atoms with Crippen LogP contribution in [0, 0.1) is 5.92 Å². The largest absolute Gasteiger partial charge is 0.373 e. The van der Waals surface area contributed by atoms with Crippen LogP contribution in [-0.2, 0) is 9.47 Å². The zero-order valence-corrected chi connectivity index (χ0v) is 7.37. The second-order valence-corrected chi connectivity index (χ2v) is 3.26. The fourth-order valence-corrected chi connectivity index (χ4v) is 0.999. The lowest BCUT2D eigenvalue weighted by molar-refractivity contribution is -0.140. The summed E-state index contributed by atoms with van der Waals surface area (Å²) in [6.07, 6.45) is 0.603. The van der Waals surface area contributed by atoms with Crippen molar-refractivity contribution in [3.05, 3.63) is 0 Å². The van der Waals surface area contributed by atoms with Gasteiger partial charge < -0.3 is 9.47 Å². The van der Waals surface area contributed by atoms with E-state index in [4.69, 9.17) is 9.47 Å². The van der Waals surface area contributed by atoms with E-state index in [1.54, 1.807) is 0 Å². The third kappa shape index (κ3) is 3.16. The van der Waals surface area contributed by atoms with Crippen LogP contribution in [0.15, 0.2) is 0 Å². The minimum atomic E-state index is 0. The molecule has 1 aliphatic heterocycles. The summed E-state index contributed by atoms with van der Waals surface area (Å²) in [6, 6.07) is 0. The van der Waals surface area contributed by atoms with Gasteiger partial charge in [-0.3, -0.25) is 4.70 Å². The predicted molar refractivity (Wildman–Crippen MR) is 42.5 cm³/mol. The van der Waals surface area contributed by atoms with Crippen LogP contribution in [0.4, 0.5) is 4.70 Å². The standard InChI is InChI=1S/C8H16O2.FH/c1-6(2)8-5-9-7(3)4-10-8;/h6-8H,4-5H2,1-3H3;1H. The third-order valence-electron chi connectivity index (χ3n) is 1.83. The summed E-state index contributed by atoms with van der Waals surface area (Å²) >= 11 is 0. The molecule has 11 heavy (non-hydrogen) atoms. The molecule has 0 aromatic carbocycles. The van der Waals surface area contributed by atoms with Crippen molar-refractivity contribution in [3.8, 4) is 0 Å². The molecule has 0 aliphatic carbocycles. The Balaban J connectivity index is 0.000001000. The summed E-state index contributed by atoms with van der Waals surface area (Å²) in [5.41, 5.74) is 0. The topological polar surface area (TPSA) is 18.5 Å². The molecule has 68 valence electrons. The molecule has 0 radical (unpaired) electrons. The molecular formula is C8H17FO2. The molecule has 2 nitrogen and oxygen atoms in total. The number of ether oxygens (including phenoxy) is 2. The number of halogens is 1. The normalized spacial score (nSPS) is 31.6. The van der Waals surface area contributed by atoms with E-state index in [9.17, 15) is 0 Å². The van der Waals surface area contributed by atoms with Crippen molar-refractivity contribution in [1.82, 2.24) is 0 Å². The first-order valence-electron chi connectivity index (χ1n) is 3.93. The SMILES string of the molecule is CC1COC(C(C)C)CO1.F. The Morgan fingerprint density at radius 3 is 2.18 bits per heavy atom. The highest BCUT2D eigenvalue weighted by molar-refractivity contribution is 4.67. The molecule has 0 bridgehead atoms. The number of hydrogen-bond acceptors (Lipinski definition) is 2. The highest BCUT2D eigenvalue weighted by Crippen LogP contribution is 2.13. The van der Waals surface area contributed by atoms with Crippen molar-refractivity contribution >= 4 is 0 Å². The molecular weight excluding hydrogens is 147 g/mol. The van der Waals surface area contributed by atoms with Gasteiger partial charge >= 0.3 is 0 Å². The highest BCUT2D eigenvalue weighted by Gasteiger charge is 2.21. The predicted octanol–water partition coefficient (Wildman–Crippen LogP) is 1.60. The van der Waals surface area contributed by atoms with Crippen LogP contribution < -0.4 is 0 Å². The van der Waals surface area contributed by atoms with Crippen LogP contribution in [0.2, 0.25) is 0 Å². The zero-order valence-electron chi connectivity index (χ0n) is 7.37. The zero-order chi connectivity index (χ0) is 7.56. The molecule has 0 aromatic rings. The van der Waals surface area contributed by atoms with Crippen LogP contribution in [0.25, 0.3) is 0 Å². The average molecular weight is 164 g/mol. The molecule has 1 rings (SSSR count). The molecule has 1 saturated heterocycles.